The molecule has 0 aromatic rings. The highest BCUT2D eigenvalue weighted by atomic mass is 32.3. The van der Waals surface area contributed by atoms with Crippen LogP contribution in [0, 0.1) is 0 Å². The van der Waals surface area contributed by atoms with Gasteiger partial charge in [-0.15, -0.1) is 0 Å². The van der Waals surface area contributed by atoms with Crippen molar-refractivity contribution in [1.82, 2.24) is 10.6 Å². The molecule has 0 aromatic heterocycles. The highest BCUT2D eigenvalue weighted by Crippen LogP contribution is 2.15. The van der Waals surface area contributed by atoms with E-state index in [1.807, 2.05) is 0 Å². The van der Waals surface area contributed by atoms with Gasteiger partial charge >= 0.3 is 10.4 Å². The van der Waals surface area contributed by atoms with E-state index in [0.29, 0.717) is 6.54 Å². The molecule has 0 aromatic carbocycles. The van der Waals surface area contributed by atoms with Gasteiger partial charge in [-0.05, 0) is 12.8 Å². The molecule has 3 N–H and O–H groups in total. The smallest absolute Gasteiger partial charge is 0.354 e. The zero-order valence-electron chi connectivity index (χ0n) is 32.2. The van der Waals surface area contributed by atoms with Gasteiger partial charge in [-0.25, -0.2) is 4.18 Å². The molecule has 1 atom stereocenters. The maximum atomic E-state index is 12.7. The quantitative estimate of drug-likeness (QED) is 0.0430. The average Bonchev–Trinajstić information content (AvgIpc) is 3.07. The molecule has 2 amide bonds. The fraction of sp³-hybridized carbons (Fsp3) is 0.950. The van der Waals surface area contributed by atoms with E-state index in [4.69, 9.17) is 4.55 Å². The highest BCUT2D eigenvalue weighted by Gasteiger charge is 2.23. The first-order valence-corrected chi connectivity index (χ1v) is 22.4. The second-order valence-corrected chi connectivity index (χ2v) is 15.6. The van der Waals surface area contributed by atoms with Gasteiger partial charge in [0.25, 0.3) is 0 Å². The lowest BCUT2D eigenvalue weighted by atomic mass is 10.0. The molecule has 9 heteroatoms. The SMILES string of the molecule is CCCCCCCCCCCCCCCCCCCNC(=O)[C@H](COS(=O)(=O)O)NC(=O)CCCCCCCCCCCCCCCCC. The standard InChI is InChI=1S/C40H80N2O6S/c1-3-5-7-9-11-13-15-17-19-20-22-24-26-28-30-32-34-36-41-40(44)38(37-48-49(45,46)47)42-39(43)35-33-31-29-27-25-23-21-18-16-14-12-10-8-6-4-2/h38H,3-37H2,1-2H3,(H,41,44)(H,42,43)(H,45,46,47)/t38-/m0/s1. The predicted octanol–water partition coefficient (Wildman–Crippen LogP) is 11.3. The van der Waals surface area contributed by atoms with Crippen LogP contribution in [0.5, 0.6) is 0 Å². The Morgan fingerprint density at radius 3 is 1.14 bits per heavy atom. The molecule has 0 unspecified atom stereocenters. The van der Waals surface area contributed by atoms with Crippen molar-refractivity contribution >= 4 is 22.2 Å². The molecule has 292 valence electrons. The summed E-state index contributed by atoms with van der Waals surface area (Å²) in [6.45, 7) is 4.35. The summed E-state index contributed by atoms with van der Waals surface area (Å²) < 4.78 is 35.6. The van der Waals surface area contributed by atoms with Gasteiger partial charge in [-0.2, -0.15) is 8.42 Å². The van der Waals surface area contributed by atoms with Crippen molar-refractivity contribution in [3.05, 3.63) is 0 Å². The molecule has 0 aliphatic carbocycles. The van der Waals surface area contributed by atoms with Gasteiger partial charge in [-0.3, -0.25) is 14.1 Å². The van der Waals surface area contributed by atoms with E-state index >= 15 is 0 Å². The Labute approximate surface area is 303 Å². The number of unbranched alkanes of at least 4 members (excludes halogenated alkanes) is 30. The van der Waals surface area contributed by atoms with Gasteiger partial charge < -0.3 is 10.6 Å². The minimum atomic E-state index is -4.72. The lowest BCUT2D eigenvalue weighted by Gasteiger charge is -2.18. The van der Waals surface area contributed by atoms with Crippen LogP contribution in [-0.4, -0.2) is 44.0 Å². The van der Waals surface area contributed by atoms with Gasteiger partial charge in [0.05, 0.1) is 6.61 Å². The van der Waals surface area contributed by atoms with E-state index in [1.165, 1.54) is 167 Å². The first kappa shape index (κ1) is 47.8. The fourth-order valence-electron chi connectivity index (χ4n) is 6.44. The molecule has 0 spiro atoms. The van der Waals surface area contributed by atoms with Gasteiger partial charge in [-0.1, -0.05) is 206 Å². The minimum absolute atomic E-state index is 0.271. The molecule has 0 aliphatic rings. The number of carbonyl (C=O) groups excluding carboxylic acids is 2. The Balaban J connectivity index is 3.88. The highest BCUT2D eigenvalue weighted by molar-refractivity contribution is 7.80. The van der Waals surface area contributed by atoms with Crippen molar-refractivity contribution in [3.8, 4) is 0 Å². The summed E-state index contributed by atoms with van der Waals surface area (Å²) in [5.74, 6) is -0.809. The molecule has 0 aliphatic heterocycles. The summed E-state index contributed by atoms with van der Waals surface area (Å²) >= 11 is 0. The number of nitrogens with one attached hydrogen (secondary N) is 2. The molecule has 0 heterocycles. The van der Waals surface area contributed by atoms with Crippen molar-refractivity contribution in [2.45, 2.75) is 232 Å². The summed E-state index contributed by atoms with van der Waals surface area (Å²) in [4.78, 5) is 25.2. The Morgan fingerprint density at radius 1 is 0.510 bits per heavy atom. The number of hydrogen-bond acceptors (Lipinski definition) is 5. The number of hydrogen-bond donors (Lipinski definition) is 3. The normalized spacial score (nSPS) is 12.3. The fourth-order valence-corrected chi connectivity index (χ4v) is 6.75. The van der Waals surface area contributed by atoms with Crippen molar-refractivity contribution < 1.29 is 26.7 Å². The first-order valence-electron chi connectivity index (χ1n) is 21.0. The zero-order chi connectivity index (χ0) is 36.1. The third-order valence-corrected chi connectivity index (χ3v) is 10.1. The van der Waals surface area contributed by atoms with Crippen LogP contribution in [0.15, 0.2) is 0 Å². The summed E-state index contributed by atoms with van der Waals surface area (Å²) in [7, 11) is -4.72. The van der Waals surface area contributed by atoms with Gasteiger partial charge in [0.2, 0.25) is 11.8 Å². The van der Waals surface area contributed by atoms with Gasteiger partial charge in [0.1, 0.15) is 6.04 Å². The summed E-state index contributed by atoms with van der Waals surface area (Å²) in [5, 5.41) is 5.38. The Morgan fingerprint density at radius 2 is 0.816 bits per heavy atom. The van der Waals surface area contributed by atoms with Crippen molar-refractivity contribution in [2.75, 3.05) is 13.2 Å². The predicted molar refractivity (Wildman–Crippen MR) is 206 cm³/mol. The van der Waals surface area contributed by atoms with E-state index < -0.39 is 29.0 Å². The van der Waals surface area contributed by atoms with Crippen LogP contribution in [0.25, 0.3) is 0 Å². The van der Waals surface area contributed by atoms with Crippen LogP contribution in [0.4, 0.5) is 0 Å². The third-order valence-electron chi connectivity index (χ3n) is 9.62. The number of amides is 2. The monoisotopic (exact) mass is 717 g/mol. The Bertz CT molecular complexity index is 839. The molecular weight excluding hydrogens is 637 g/mol. The topological polar surface area (TPSA) is 122 Å². The van der Waals surface area contributed by atoms with Crippen LogP contribution in [0.3, 0.4) is 0 Å². The Kier molecular flexibility index (Phi) is 35.7. The molecule has 0 radical (unpaired) electrons. The maximum absolute atomic E-state index is 12.7. The molecule has 0 rings (SSSR count). The van der Waals surface area contributed by atoms with Crippen molar-refractivity contribution in [3.63, 3.8) is 0 Å². The van der Waals surface area contributed by atoms with Crippen LogP contribution in [-0.2, 0) is 24.2 Å². The van der Waals surface area contributed by atoms with Crippen LogP contribution < -0.4 is 10.6 Å². The van der Waals surface area contributed by atoms with E-state index in [9.17, 15) is 18.0 Å². The first-order chi connectivity index (χ1) is 23.8. The third kappa shape index (κ3) is 37.9. The van der Waals surface area contributed by atoms with Crippen LogP contribution in [0.1, 0.15) is 226 Å². The molecular formula is C40H80N2O6S. The van der Waals surface area contributed by atoms with E-state index in [2.05, 4.69) is 28.7 Å². The van der Waals surface area contributed by atoms with Crippen molar-refractivity contribution in [1.29, 1.82) is 0 Å². The lowest BCUT2D eigenvalue weighted by Crippen LogP contribution is -2.49. The van der Waals surface area contributed by atoms with E-state index in [1.54, 1.807) is 0 Å². The minimum Gasteiger partial charge on any atom is -0.354 e. The molecule has 0 fully saturated rings. The Hall–Kier alpha value is -1.19. The summed E-state index contributed by atoms with van der Waals surface area (Å²) in [6, 6.07) is -1.17. The average molecular weight is 717 g/mol. The number of carbonyl (C=O) groups is 2. The zero-order valence-corrected chi connectivity index (χ0v) is 33.0. The van der Waals surface area contributed by atoms with Crippen LogP contribution in [0.2, 0.25) is 0 Å². The molecule has 8 nitrogen and oxygen atoms in total. The van der Waals surface area contributed by atoms with Gasteiger partial charge in [0, 0.05) is 13.0 Å². The van der Waals surface area contributed by atoms with Crippen LogP contribution >= 0.6 is 0 Å². The second-order valence-electron chi connectivity index (χ2n) is 14.5. The molecule has 0 saturated heterocycles. The van der Waals surface area contributed by atoms with E-state index in [0.717, 1.165) is 38.5 Å². The molecule has 49 heavy (non-hydrogen) atoms. The largest absolute Gasteiger partial charge is 0.397 e. The van der Waals surface area contributed by atoms with Crippen molar-refractivity contribution in [2.24, 2.45) is 0 Å². The summed E-state index contributed by atoms with van der Waals surface area (Å²) in [5.41, 5.74) is 0. The molecule has 0 saturated carbocycles. The van der Waals surface area contributed by atoms with Gasteiger partial charge in [0.15, 0.2) is 0 Å². The van der Waals surface area contributed by atoms with E-state index in [-0.39, 0.29) is 12.3 Å². The second kappa shape index (κ2) is 36.6. The number of rotatable bonds is 39. The lowest BCUT2D eigenvalue weighted by molar-refractivity contribution is -0.129. The maximum Gasteiger partial charge on any atom is 0.397 e. The molecule has 0 bridgehead atoms. The summed E-state index contributed by atoms with van der Waals surface area (Å²) in [6.07, 6.45) is 40.7.